The molecular formula is C19H21N5O2. The van der Waals surface area contributed by atoms with E-state index in [0.29, 0.717) is 38.7 Å². The minimum atomic E-state index is -0.247. The molecule has 0 bridgehead atoms. The summed E-state index contributed by atoms with van der Waals surface area (Å²) in [6, 6.07) is 8.18. The minimum Gasteiger partial charge on any atom is -0.450 e. The van der Waals surface area contributed by atoms with Crippen molar-refractivity contribution in [1.82, 2.24) is 19.9 Å². The van der Waals surface area contributed by atoms with Crippen LogP contribution < -0.4 is 4.90 Å². The van der Waals surface area contributed by atoms with Gasteiger partial charge in [-0.1, -0.05) is 18.2 Å². The normalized spacial score (nSPS) is 14.7. The van der Waals surface area contributed by atoms with E-state index in [4.69, 9.17) is 4.74 Å². The average Bonchev–Trinajstić information content (AvgIpc) is 3.13. The number of hydrogen-bond acceptors (Lipinski definition) is 5. The molecule has 1 N–H and O–H groups in total. The van der Waals surface area contributed by atoms with E-state index in [1.54, 1.807) is 4.90 Å². The number of aromatic nitrogens is 3. The number of aromatic amines is 1. The second-order valence-corrected chi connectivity index (χ2v) is 6.19. The smallest absolute Gasteiger partial charge is 0.409 e. The summed E-state index contributed by atoms with van der Waals surface area (Å²) < 4.78 is 5.05. The molecule has 134 valence electrons. The molecule has 0 atom stereocenters. The SMILES string of the molecule is CCOC(=O)N1CCN(c2ncc(-c3c[nH]c4ccccc34)cn2)CC1. The molecule has 26 heavy (non-hydrogen) atoms. The molecule has 7 nitrogen and oxygen atoms in total. The third-order valence-electron chi connectivity index (χ3n) is 4.63. The number of ether oxygens (including phenoxy) is 1. The summed E-state index contributed by atoms with van der Waals surface area (Å²) in [5, 5.41) is 1.16. The van der Waals surface area contributed by atoms with Crippen LogP contribution in [0.5, 0.6) is 0 Å². The predicted octanol–water partition coefficient (Wildman–Crippen LogP) is 2.90. The van der Waals surface area contributed by atoms with Crippen molar-refractivity contribution >= 4 is 22.9 Å². The number of nitrogens with zero attached hydrogens (tertiary/aromatic N) is 4. The topological polar surface area (TPSA) is 74.3 Å². The maximum Gasteiger partial charge on any atom is 0.409 e. The van der Waals surface area contributed by atoms with Gasteiger partial charge in [0.2, 0.25) is 5.95 Å². The van der Waals surface area contributed by atoms with Gasteiger partial charge in [0.1, 0.15) is 0 Å². The van der Waals surface area contributed by atoms with Crippen LogP contribution in [-0.2, 0) is 4.74 Å². The second-order valence-electron chi connectivity index (χ2n) is 6.19. The highest BCUT2D eigenvalue weighted by Crippen LogP contribution is 2.28. The first kappa shape index (κ1) is 16.4. The Bertz CT molecular complexity index is 898. The summed E-state index contributed by atoms with van der Waals surface area (Å²) in [7, 11) is 0. The maximum absolute atomic E-state index is 11.8. The highest BCUT2D eigenvalue weighted by Gasteiger charge is 2.23. The number of rotatable bonds is 3. The Morgan fingerprint density at radius 2 is 1.88 bits per heavy atom. The van der Waals surface area contributed by atoms with Crippen LogP contribution in [0, 0.1) is 0 Å². The summed E-state index contributed by atoms with van der Waals surface area (Å²) in [4.78, 5) is 27.9. The molecule has 1 aliphatic rings. The van der Waals surface area contributed by atoms with Crippen molar-refractivity contribution in [3.8, 4) is 11.1 Å². The fourth-order valence-electron chi connectivity index (χ4n) is 3.24. The van der Waals surface area contributed by atoms with Crippen LogP contribution in [0.4, 0.5) is 10.7 Å². The van der Waals surface area contributed by atoms with Gasteiger partial charge in [-0.05, 0) is 13.0 Å². The van der Waals surface area contributed by atoms with E-state index in [1.807, 2.05) is 37.6 Å². The van der Waals surface area contributed by atoms with Crippen LogP contribution in [-0.4, -0.2) is 58.7 Å². The van der Waals surface area contributed by atoms with Gasteiger partial charge in [-0.3, -0.25) is 0 Å². The van der Waals surface area contributed by atoms with Crippen molar-refractivity contribution in [2.24, 2.45) is 0 Å². The van der Waals surface area contributed by atoms with E-state index in [0.717, 1.165) is 22.0 Å². The molecule has 4 rings (SSSR count). The molecule has 0 unspecified atom stereocenters. The molecule has 3 heterocycles. The van der Waals surface area contributed by atoms with Crippen molar-refractivity contribution in [1.29, 1.82) is 0 Å². The van der Waals surface area contributed by atoms with Crippen molar-refractivity contribution in [3.05, 3.63) is 42.9 Å². The van der Waals surface area contributed by atoms with E-state index in [-0.39, 0.29) is 6.09 Å². The zero-order chi connectivity index (χ0) is 17.9. The number of H-pyrrole nitrogens is 1. The van der Waals surface area contributed by atoms with Crippen LogP contribution in [0.15, 0.2) is 42.9 Å². The van der Waals surface area contributed by atoms with Crippen LogP contribution in [0.25, 0.3) is 22.0 Å². The maximum atomic E-state index is 11.8. The Balaban J connectivity index is 1.46. The van der Waals surface area contributed by atoms with E-state index < -0.39 is 0 Å². The number of carbonyl (C=O) groups is 1. The van der Waals surface area contributed by atoms with E-state index in [9.17, 15) is 4.79 Å². The molecule has 1 aromatic carbocycles. The summed E-state index contributed by atoms with van der Waals surface area (Å²) >= 11 is 0. The first-order valence-electron chi connectivity index (χ1n) is 8.81. The van der Waals surface area contributed by atoms with Crippen molar-refractivity contribution in [2.45, 2.75) is 6.92 Å². The van der Waals surface area contributed by atoms with Gasteiger partial charge in [0, 0.05) is 66.8 Å². The van der Waals surface area contributed by atoms with Gasteiger partial charge in [-0.25, -0.2) is 14.8 Å². The van der Waals surface area contributed by atoms with Crippen LogP contribution in [0.3, 0.4) is 0 Å². The summed E-state index contributed by atoms with van der Waals surface area (Å²) in [5.41, 5.74) is 3.18. The molecule has 0 saturated carbocycles. The lowest BCUT2D eigenvalue weighted by Gasteiger charge is -2.33. The number of piperazine rings is 1. The zero-order valence-corrected chi connectivity index (χ0v) is 14.7. The van der Waals surface area contributed by atoms with E-state index in [1.165, 1.54) is 0 Å². The summed E-state index contributed by atoms with van der Waals surface area (Å²) in [5.74, 6) is 0.692. The second kappa shape index (κ2) is 7.03. The molecule has 1 saturated heterocycles. The Morgan fingerprint density at radius 3 is 2.62 bits per heavy atom. The van der Waals surface area contributed by atoms with Gasteiger partial charge in [-0.15, -0.1) is 0 Å². The van der Waals surface area contributed by atoms with Crippen LogP contribution >= 0.6 is 0 Å². The molecule has 1 amide bonds. The Morgan fingerprint density at radius 1 is 1.15 bits per heavy atom. The largest absolute Gasteiger partial charge is 0.450 e. The molecule has 0 aliphatic carbocycles. The summed E-state index contributed by atoms with van der Waals surface area (Å²) in [6.45, 7) is 4.85. The molecule has 7 heteroatoms. The highest BCUT2D eigenvalue weighted by molar-refractivity contribution is 5.95. The zero-order valence-electron chi connectivity index (χ0n) is 14.7. The fourth-order valence-corrected chi connectivity index (χ4v) is 3.24. The van der Waals surface area contributed by atoms with Gasteiger partial charge >= 0.3 is 6.09 Å². The number of benzene rings is 1. The Kier molecular flexibility index (Phi) is 4.43. The number of nitrogens with one attached hydrogen (secondary N) is 1. The molecule has 1 fully saturated rings. The predicted molar refractivity (Wildman–Crippen MR) is 100 cm³/mol. The monoisotopic (exact) mass is 351 g/mol. The molecule has 3 aromatic rings. The minimum absolute atomic E-state index is 0.247. The molecule has 0 radical (unpaired) electrons. The molecule has 0 spiro atoms. The number of hydrogen-bond donors (Lipinski definition) is 1. The lowest BCUT2D eigenvalue weighted by atomic mass is 10.1. The number of carbonyl (C=O) groups excluding carboxylic acids is 1. The van der Waals surface area contributed by atoms with E-state index in [2.05, 4.69) is 32.0 Å². The van der Waals surface area contributed by atoms with Gasteiger partial charge in [-0.2, -0.15) is 0 Å². The lowest BCUT2D eigenvalue weighted by Crippen LogP contribution is -2.49. The summed E-state index contributed by atoms with van der Waals surface area (Å²) in [6.07, 6.45) is 5.45. The lowest BCUT2D eigenvalue weighted by molar-refractivity contribution is 0.105. The van der Waals surface area contributed by atoms with Gasteiger partial charge < -0.3 is 19.5 Å². The molecular weight excluding hydrogens is 330 g/mol. The average molecular weight is 351 g/mol. The number of fused-ring (bicyclic) bond motifs is 1. The molecule has 1 aliphatic heterocycles. The van der Waals surface area contributed by atoms with Gasteiger partial charge in [0.05, 0.1) is 6.61 Å². The third kappa shape index (κ3) is 3.08. The first-order valence-corrected chi connectivity index (χ1v) is 8.81. The van der Waals surface area contributed by atoms with Crippen molar-refractivity contribution < 1.29 is 9.53 Å². The molecule has 2 aromatic heterocycles. The van der Waals surface area contributed by atoms with Crippen LogP contribution in [0.1, 0.15) is 6.92 Å². The van der Waals surface area contributed by atoms with Crippen molar-refractivity contribution in [2.75, 3.05) is 37.7 Å². The van der Waals surface area contributed by atoms with Gasteiger partial charge in [0.15, 0.2) is 0 Å². The van der Waals surface area contributed by atoms with E-state index >= 15 is 0 Å². The standard InChI is InChI=1S/C19H21N5O2/c1-2-26-19(25)24-9-7-23(8-10-24)18-21-11-14(12-22-18)16-13-20-17-6-4-3-5-15(16)17/h3-6,11-13,20H,2,7-10H2,1H3. The van der Waals surface area contributed by atoms with Crippen molar-refractivity contribution in [3.63, 3.8) is 0 Å². The number of para-hydroxylation sites is 1. The van der Waals surface area contributed by atoms with Crippen LogP contribution in [0.2, 0.25) is 0 Å². The third-order valence-corrected chi connectivity index (χ3v) is 4.63. The van der Waals surface area contributed by atoms with Gasteiger partial charge in [0.25, 0.3) is 0 Å². The Labute approximate surface area is 151 Å². The number of anilines is 1. The first-order chi connectivity index (χ1) is 12.8. The fraction of sp³-hybridized carbons (Fsp3) is 0.316. The number of amides is 1. The Hall–Kier alpha value is -3.09. The quantitative estimate of drug-likeness (QED) is 0.785. The highest BCUT2D eigenvalue weighted by atomic mass is 16.6.